The minimum Gasteiger partial charge on any atom is -0.382 e. The molecule has 0 saturated carbocycles. The van der Waals surface area contributed by atoms with Gasteiger partial charge in [0, 0.05) is 5.02 Å². The van der Waals surface area contributed by atoms with E-state index in [0.717, 1.165) is 0 Å². The molecular formula is C9H8Cl2N4OS. The number of nitrogens with one attached hydrogen (secondary N) is 2. The van der Waals surface area contributed by atoms with E-state index in [1.807, 2.05) is 0 Å². The third-order valence-corrected chi connectivity index (χ3v) is 3.09. The number of carbonyl (C=O) groups is 1. The summed E-state index contributed by atoms with van der Waals surface area (Å²) < 4.78 is 0. The molecule has 0 aliphatic carbocycles. The van der Waals surface area contributed by atoms with Crippen LogP contribution in [0.1, 0.15) is 0 Å². The first-order valence-electron chi connectivity index (χ1n) is 4.50. The van der Waals surface area contributed by atoms with Crippen molar-refractivity contribution in [3.63, 3.8) is 0 Å². The standard InChI is InChI=1S/C9H8Cl2N4OS/c10-4-1-2-6(5(11)3-4)15-8(17)7(12)13-14-9(15)16/h1-3,13,17H,12H2,(H,14,16). The van der Waals surface area contributed by atoms with E-state index in [2.05, 4.69) is 23.5 Å². The number of hydrogen-bond donors (Lipinski definition) is 4. The zero-order chi connectivity index (χ0) is 12.6. The van der Waals surface area contributed by atoms with Crippen molar-refractivity contribution >= 4 is 47.5 Å². The molecule has 4 N–H and O–H groups in total. The van der Waals surface area contributed by atoms with Gasteiger partial charge >= 0.3 is 6.03 Å². The average Bonchev–Trinajstić information content (AvgIpc) is 2.27. The Hall–Kier alpha value is -1.24. The first-order valence-corrected chi connectivity index (χ1v) is 5.71. The van der Waals surface area contributed by atoms with Crippen molar-refractivity contribution in [2.24, 2.45) is 5.73 Å². The van der Waals surface area contributed by atoms with Gasteiger partial charge < -0.3 is 5.73 Å². The van der Waals surface area contributed by atoms with Gasteiger partial charge in [-0.2, -0.15) is 0 Å². The van der Waals surface area contributed by atoms with Crippen LogP contribution in [0.2, 0.25) is 10.0 Å². The van der Waals surface area contributed by atoms with Gasteiger partial charge in [-0.15, -0.1) is 12.6 Å². The molecule has 1 aromatic rings. The summed E-state index contributed by atoms with van der Waals surface area (Å²) in [5.74, 6) is 0.221. The summed E-state index contributed by atoms with van der Waals surface area (Å²) in [4.78, 5) is 13.0. The highest BCUT2D eigenvalue weighted by molar-refractivity contribution is 7.84. The number of nitrogens with zero attached hydrogens (tertiary/aromatic N) is 1. The number of nitrogens with two attached hydrogens (primary N) is 1. The molecule has 17 heavy (non-hydrogen) atoms. The molecule has 0 spiro atoms. The molecule has 1 aromatic carbocycles. The lowest BCUT2D eigenvalue weighted by Gasteiger charge is -2.29. The molecule has 1 aliphatic heterocycles. The maximum absolute atomic E-state index is 11.7. The second-order valence-electron chi connectivity index (χ2n) is 3.22. The van der Waals surface area contributed by atoms with Crippen LogP contribution in [-0.4, -0.2) is 6.03 Å². The fourth-order valence-electron chi connectivity index (χ4n) is 1.34. The van der Waals surface area contributed by atoms with E-state index >= 15 is 0 Å². The van der Waals surface area contributed by atoms with Gasteiger partial charge in [0.15, 0.2) is 0 Å². The molecule has 8 heteroatoms. The molecule has 0 atom stereocenters. The molecule has 1 aliphatic rings. The first kappa shape index (κ1) is 12.2. The summed E-state index contributed by atoms with van der Waals surface area (Å²) in [5.41, 5.74) is 10.9. The van der Waals surface area contributed by atoms with Crippen molar-refractivity contribution in [1.82, 2.24) is 10.9 Å². The van der Waals surface area contributed by atoms with Crippen molar-refractivity contribution in [3.8, 4) is 0 Å². The molecular weight excluding hydrogens is 283 g/mol. The molecule has 0 unspecified atom stereocenters. The van der Waals surface area contributed by atoms with E-state index in [1.165, 1.54) is 11.0 Å². The highest BCUT2D eigenvalue weighted by Gasteiger charge is 2.26. The maximum Gasteiger partial charge on any atom is 0.345 e. The molecule has 2 amide bonds. The Bertz CT molecular complexity index is 520. The second kappa shape index (κ2) is 4.56. The lowest BCUT2D eigenvalue weighted by molar-refractivity contribution is 0.243. The van der Waals surface area contributed by atoms with Crippen molar-refractivity contribution in [1.29, 1.82) is 0 Å². The normalized spacial score (nSPS) is 15.7. The number of hydrazine groups is 1. The predicted molar refractivity (Wildman–Crippen MR) is 70.8 cm³/mol. The van der Waals surface area contributed by atoms with Crippen LogP contribution in [0.3, 0.4) is 0 Å². The van der Waals surface area contributed by atoms with Gasteiger partial charge in [-0.3, -0.25) is 10.3 Å². The summed E-state index contributed by atoms with van der Waals surface area (Å²) in [6, 6.07) is 4.33. The molecule has 1 heterocycles. The number of anilines is 1. The summed E-state index contributed by atoms with van der Waals surface area (Å²) in [6.07, 6.45) is 0. The summed E-state index contributed by atoms with van der Waals surface area (Å²) >= 11 is 16.0. The smallest absolute Gasteiger partial charge is 0.345 e. The zero-order valence-electron chi connectivity index (χ0n) is 8.37. The number of thiol groups is 1. The van der Waals surface area contributed by atoms with Crippen LogP contribution in [-0.2, 0) is 0 Å². The van der Waals surface area contributed by atoms with Crippen LogP contribution in [0, 0.1) is 0 Å². The summed E-state index contributed by atoms with van der Waals surface area (Å²) in [5, 5.41) is 1.07. The zero-order valence-corrected chi connectivity index (χ0v) is 10.8. The maximum atomic E-state index is 11.7. The van der Waals surface area contributed by atoms with Gasteiger partial charge in [-0.05, 0) is 18.2 Å². The van der Waals surface area contributed by atoms with Crippen LogP contribution in [0.25, 0.3) is 0 Å². The van der Waals surface area contributed by atoms with Crippen molar-refractivity contribution < 1.29 is 4.79 Å². The van der Waals surface area contributed by atoms with E-state index in [0.29, 0.717) is 15.7 Å². The lowest BCUT2D eigenvalue weighted by Crippen LogP contribution is -2.52. The summed E-state index contributed by atoms with van der Waals surface area (Å²) in [7, 11) is 0. The van der Waals surface area contributed by atoms with E-state index in [1.54, 1.807) is 12.1 Å². The highest BCUT2D eigenvalue weighted by Crippen LogP contribution is 2.32. The number of hydrogen-bond acceptors (Lipinski definition) is 4. The number of carbonyl (C=O) groups excluding carboxylic acids is 1. The first-order chi connectivity index (χ1) is 8.00. The van der Waals surface area contributed by atoms with Gasteiger partial charge in [0.25, 0.3) is 0 Å². The van der Waals surface area contributed by atoms with Gasteiger partial charge in [0.1, 0.15) is 10.9 Å². The number of benzene rings is 1. The molecule has 90 valence electrons. The van der Waals surface area contributed by atoms with E-state index in [9.17, 15) is 4.79 Å². The average molecular weight is 291 g/mol. The van der Waals surface area contributed by atoms with Gasteiger partial charge in [-0.1, -0.05) is 23.2 Å². The summed E-state index contributed by atoms with van der Waals surface area (Å²) in [6.45, 7) is 0. The number of rotatable bonds is 1. The van der Waals surface area contributed by atoms with E-state index < -0.39 is 6.03 Å². The highest BCUT2D eigenvalue weighted by atomic mass is 35.5. The molecule has 0 fully saturated rings. The van der Waals surface area contributed by atoms with Gasteiger partial charge in [-0.25, -0.2) is 10.2 Å². The molecule has 0 bridgehead atoms. The topological polar surface area (TPSA) is 70.4 Å². The van der Waals surface area contributed by atoms with Crippen LogP contribution in [0.15, 0.2) is 29.0 Å². The lowest BCUT2D eigenvalue weighted by atomic mass is 10.3. The number of halogens is 2. The largest absolute Gasteiger partial charge is 0.382 e. The SMILES string of the molecule is NC1=C(S)N(c2ccc(Cl)cc2Cl)C(=O)NN1. The predicted octanol–water partition coefficient (Wildman–Crippen LogP) is 2.04. The van der Waals surface area contributed by atoms with Crippen molar-refractivity contribution in [3.05, 3.63) is 39.1 Å². The monoisotopic (exact) mass is 290 g/mol. The van der Waals surface area contributed by atoms with Crippen LogP contribution < -0.4 is 21.5 Å². The fraction of sp³-hybridized carbons (Fsp3) is 0. The van der Waals surface area contributed by atoms with Crippen molar-refractivity contribution in [2.75, 3.05) is 4.90 Å². The Balaban J connectivity index is 2.51. The van der Waals surface area contributed by atoms with E-state index in [4.69, 9.17) is 28.9 Å². The Morgan fingerprint density at radius 1 is 1.29 bits per heavy atom. The Morgan fingerprint density at radius 3 is 2.65 bits per heavy atom. The Morgan fingerprint density at radius 2 is 2.00 bits per heavy atom. The Labute approximate surface area is 113 Å². The molecule has 5 nitrogen and oxygen atoms in total. The third kappa shape index (κ3) is 2.24. The number of urea groups is 1. The van der Waals surface area contributed by atoms with Crippen LogP contribution >= 0.6 is 35.8 Å². The minimum absolute atomic E-state index is 0.221. The quantitative estimate of drug-likeness (QED) is 0.598. The van der Waals surface area contributed by atoms with E-state index in [-0.39, 0.29) is 10.9 Å². The second-order valence-corrected chi connectivity index (χ2v) is 4.49. The third-order valence-electron chi connectivity index (χ3n) is 2.11. The molecule has 0 saturated heterocycles. The number of amides is 2. The van der Waals surface area contributed by atoms with Crippen LogP contribution in [0.5, 0.6) is 0 Å². The minimum atomic E-state index is -0.437. The van der Waals surface area contributed by atoms with Crippen molar-refractivity contribution in [2.45, 2.75) is 0 Å². The molecule has 0 radical (unpaired) electrons. The fourth-order valence-corrected chi connectivity index (χ4v) is 2.08. The Kier molecular flexibility index (Phi) is 3.28. The van der Waals surface area contributed by atoms with Crippen LogP contribution in [0.4, 0.5) is 10.5 Å². The molecule has 2 rings (SSSR count). The van der Waals surface area contributed by atoms with Gasteiger partial charge in [0.05, 0.1) is 10.7 Å². The molecule has 0 aromatic heterocycles. The van der Waals surface area contributed by atoms with Gasteiger partial charge in [0.2, 0.25) is 0 Å².